The highest BCUT2D eigenvalue weighted by molar-refractivity contribution is 8.00. The molecular weight excluding hydrogens is 366 g/mol. The van der Waals surface area contributed by atoms with Crippen molar-refractivity contribution in [3.8, 4) is 11.4 Å². The summed E-state index contributed by atoms with van der Waals surface area (Å²) in [7, 11) is 1.90. The van der Waals surface area contributed by atoms with Gasteiger partial charge < -0.3 is 0 Å². The van der Waals surface area contributed by atoms with E-state index in [0.29, 0.717) is 6.04 Å². The monoisotopic (exact) mass is 381 g/mol. The molecule has 3 aromatic heterocycles. The first kappa shape index (κ1) is 15.8. The molecule has 0 bridgehead atoms. The molecule has 0 unspecified atom stereocenters. The summed E-state index contributed by atoms with van der Waals surface area (Å²) >= 11 is 3.50. The first-order chi connectivity index (χ1) is 12.8. The van der Waals surface area contributed by atoms with Crippen LogP contribution >= 0.6 is 23.5 Å². The Hall–Kier alpha value is -2.39. The molecule has 1 aliphatic rings. The minimum atomic E-state index is 0.326. The molecule has 130 valence electrons. The Balaban J connectivity index is 1.43. The summed E-state index contributed by atoms with van der Waals surface area (Å²) < 4.78 is 4.03. The molecule has 7 nitrogen and oxygen atoms in total. The van der Waals surface area contributed by atoms with Gasteiger partial charge >= 0.3 is 0 Å². The number of benzene rings is 1. The first-order valence-electron chi connectivity index (χ1n) is 8.20. The Labute approximate surface area is 158 Å². The molecule has 5 rings (SSSR count). The Morgan fingerprint density at radius 3 is 2.96 bits per heavy atom. The lowest BCUT2D eigenvalue weighted by Crippen LogP contribution is -2.11. The van der Waals surface area contributed by atoms with Crippen molar-refractivity contribution in [2.75, 3.05) is 11.5 Å². The number of hydrogen-bond donors (Lipinski definition) is 0. The van der Waals surface area contributed by atoms with Gasteiger partial charge in [0.1, 0.15) is 11.4 Å². The molecule has 0 aliphatic carbocycles. The lowest BCUT2D eigenvalue weighted by Gasteiger charge is -2.14. The smallest absolute Gasteiger partial charge is 0.191 e. The number of hydrogen-bond acceptors (Lipinski definition) is 7. The largest absolute Gasteiger partial charge is 0.297 e. The van der Waals surface area contributed by atoms with Gasteiger partial charge in [-0.1, -0.05) is 42.1 Å². The van der Waals surface area contributed by atoms with E-state index in [0.717, 1.165) is 44.1 Å². The van der Waals surface area contributed by atoms with Crippen molar-refractivity contribution in [3.05, 3.63) is 42.9 Å². The average molecular weight is 381 g/mol. The van der Waals surface area contributed by atoms with Crippen LogP contribution in [0.25, 0.3) is 22.4 Å². The number of aryl methyl sites for hydroxylation is 1. The van der Waals surface area contributed by atoms with Crippen LogP contribution in [0, 0.1) is 0 Å². The van der Waals surface area contributed by atoms with Crippen molar-refractivity contribution in [2.45, 2.75) is 16.2 Å². The van der Waals surface area contributed by atoms with Crippen LogP contribution in [0.4, 0.5) is 0 Å². The minimum absolute atomic E-state index is 0.326. The predicted octanol–water partition coefficient (Wildman–Crippen LogP) is 3.06. The van der Waals surface area contributed by atoms with E-state index in [9.17, 15) is 0 Å². The summed E-state index contributed by atoms with van der Waals surface area (Å²) in [5.41, 5.74) is 1.96. The van der Waals surface area contributed by atoms with E-state index < -0.39 is 0 Å². The third-order valence-corrected chi connectivity index (χ3v) is 6.61. The summed E-state index contributed by atoms with van der Waals surface area (Å²) in [4.78, 5) is 8.77. The highest BCUT2D eigenvalue weighted by atomic mass is 32.2. The predicted molar refractivity (Wildman–Crippen MR) is 102 cm³/mol. The molecular formula is C17H15N7S2. The zero-order valence-electron chi connectivity index (χ0n) is 14.0. The maximum atomic E-state index is 4.46. The van der Waals surface area contributed by atoms with Gasteiger partial charge in [0.15, 0.2) is 16.6 Å². The Morgan fingerprint density at radius 2 is 2.08 bits per heavy atom. The number of thioether (sulfide) groups is 2. The summed E-state index contributed by atoms with van der Waals surface area (Å²) in [6.07, 6.45) is 3.44. The minimum Gasteiger partial charge on any atom is -0.297 e. The number of fused-ring (bicyclic) bond motifs is 2. The fourth-order valence-electron chi connectivity index (χ4n) is 3.09. The van der Waals surface area contributed by atoms with Crippen LogP contribution in [0.15, 0.2) is 53.0 Å². The van der Waals surface area contributed by atoms with Gasteiger partial charge in [-0.2, -0.15) is 5.10 Å². The summed E-state index contributed by atoms with van der Waals surface area (Å²) in [6.45, 7) is 0. The van der Waals surface area contributed by atoms with E-state index in [1.807, 2.05) is 31.4 Å². The molecule has 0 radical (unpaired) electrons. The van der Waals surface area contributed by atoms with Crippen LogP contribution < -0.4 is 0 Å². The number of rotatable bonds is 4. The van der Waals surface area contributed by atoms with E-state index in [1.165, 1.54) is 0 Å². The quantitative estimate of drug-likeness (QED) is 0.397. The summed E-state index contributed by atoms with van der Waals surface area (Å²) in [5, 5.41) is 16.0. The van der Waals surface area contributed by atoms with Gasteiger partial charge in [-0.25, -0.2) is 9.97 Å². The van der Waals surface area contributed by atoms with Crippen molar-refractivity contribution in [2.24, 2.45) is 7.05 Å². The molecule has 26 heavy (non-hydrogen) atoms. The lowest BCUT2D eigenvalue weighted by atomic mass is 10.2. The van der Waals surface area contributed by atoms with Crippen LogP contribution in [0.3, 0.4) is 0 Å². The van der Waals surface area contributed by atoms with Gasteiger partial charge in [-0.3, -0.25) is 9.25 Å². The molecule has 0 saturated heterocycles. The van der Waals surface area contributed by atoms with Gasteiger partial charge in [0.05, 0.1) is 17.6 Å². The second-order valence-electron chi connectivity index (χ2n) is 6.00. The Kier molecular flexibility index (Phi) is 3.90. The molecule has 4 aromatic rings. The van der Waals surface area contributed by atoms with Crippen LogP contribution in [-0.2, 0) is 7.05 Å². The van der Waals surface area contributed by atoms with Gasteiger partial charge in [-0.05, 0) is 0 Å². The second-order valence-corrected chi connectivity index (χ2v) is 8.00. The summed E-state index contributed by atoms with van der Waals surface area (Å²) in [5.74, 6) is 2.84. The Morgan fingerprint density at radius 1 is 1.19 bits per heavy atom. The molecule has 0 N–H and O–H groups in total. The average Bonchev–Trinajstić information content (AvgIpc) is 3.37. The number of nitrogens with zero attached hydrogens (tertiary/aromatic N) is 7. The van der Waals surface area contributed by atoms with Crippen molar-refractivity contribution in [3.63, 3.8) is 0 Å². The molecule has 0 amide bonds. The number of aromatic nitrogens is 7. The third kappa shape index (κ3) is 2.58. The van der Waals surface area contributed by atoms with Crippen LogP contribution in [0.2, 0.25) is 0 Å². The van der Waals surface area contributed by atoms with Crippen molar-refractivity contribution >= 4 is 34.6 Å². The highest BCUT2D eigenvalue weighted by Crippen LogP contribution is 2.39. The van der Waals surface area contributed by atoms with Gasteiger partial charge in [0.25, 0.3) is 0 Å². The van der Waals surface area contributed by atoms with Gasteiger partial charge in [0.2, 0.25) is 0 Å². The zero-order chi connectivity index (χ0) is 17.5. The molecule has 1 aromatic carbocycles. The van der Waals surface area contributed by atoms with Crippen molar-refractivity contribution in [1.29, 1.82) is 0 Å². The van der Waals surface area contributed by atoms with Gasteiger partial charge in [0, 0.05) is 24.1 Å². The van der Waals surface area contributed by atoms with E-state index in [4.69, 9.17) is 0 Å². The van der Waals surface area contributed by atoms with Crippen molar-refractivity contribution < 1.29 is 0 Å². The van der Waals surface area contributed by atoms with Gasteiger partial charge in [-0.15, -0.1) is 22.0 Å². The lowest BCUT2D eigenvalue weighted by molar-refractivity contribution is 0.597. The normalized spacial score (nSPS) is 16.3. The maximum absolute atomic E-state index is 4.46. The van der Waals surface area contributed by atoms with Crippen molar-refractivity contribution in [1.82, 2.24) is 34.5 Å². The molecule has 0 fully saturated rings. The third-order valence-electron chi connectivity index (χ3n) is 4.37. The van der Waals surface area contributed by atoms with Crippen LogP contribution in [0.1, 0.15) is 6.04 Å². The van der Waals surface area contributed by atoms with E-state index in [1.54, 1.807) is 34.5 Å². The van der Waals surface area contributed by atoms with Crippen LogP contribution in [0.5, 0.6) is 0 Å². The molecule has 0 saturated carbocycles. The molecule has 4 heterocycles. The maximum Gasteiger partial charge on any atom is 0.191 e. The fraction of sp³-hybridized carbons (Fsp3) is 0.235. The van der Waals surface area contributed by atoms with E-state index in [2.05, 4.69) is 42.0 Å². The molecule has 0 spiro atoms. The first-order valence-corrected chi connectivity index (χ1v) is 10.2. The standard InChI is InChI=1S/C17H15N7S2/c1-23-15-13(7-20-23)16(19-10-18-15)25-8-12-9-26-17-22-21-14(24(12)17)11-5-3-2-4-6-11/h2-7,10,12H,8-9H2,1H3/t12-/m0/s1. The Bertz CT molecular complexity index is 1070. The molecule has 1 aliphatic heterocycles. The van der Waals surface area contributed by atoms with E-state index in [-0.39, 0.29) is 0 Å². The highest BCUT2D eigenvalue weighted by Gasteiger charge is 2.28. The summed E-state index contributed by atoms with van der Waals surface area (Å²) in [6, 6.07) is 10.6. The molecule has 9 heteroatoms. The zero-order valence-corrected chi connectivity index (χ0v) is 15.6. The fourth-order valence-corrected chi connectivity index (χ4v) is 5.36. The second kappa shape index (κ2) is 6.40. The van der Waals surface area contributed by atoms with Crippen LogP contribution in [-0.4, -0.2) is 46.0 Å². The van der Waals surface area contributed by atoms with E-state index >= 15 is 0 Å². The topological polar surface area (TPSA) is 74.3 Å². The SMILES string of the molecule is Cn1ncc2c(SC[C@H]3CSc4nnc(-c5ccccc5)n43)ncnc21. The molecule has 1 atom stereocenters.